The van der Waals surface area contributed by atoms with Crippen LogP contribution >= 0.6 is 0 Å². The highest BCUT2D eigenvalue weighted by Crippen LogP contribution is 2.31. The van der Waals surface area contributed by atoms with Gasteiger partial charge in [-0.2, -0.15) is 13.2 Å². The van der Waals surface area contributed by atoms with E-state index >= 15 is 0 Å². The average molecular weight is 403 g/mol. The molecule has 0 radical (unpaired) electrons. The summed E-state index contributed by atoms with van der Waals surface area (Å²) in [4.78, 5) is 25.4. The molecule has 4 rings (SSSR count). The van der Waals surface area contributed by atoms with E-state index in [1.54, 1.807) is 12.1 Å². The number of pyridine rings is 1. The first kappa shape index (κ1) is 18.8. The molecular formula is C19H13F4N5O. The molecule has 0 aliphatic carbocycles. The average Bonchev–Trinajstić information content (AvgIpc) is 2.71. The van der Waals surface area contributed by atoms with Crippen molar-refractivity contribution in [3.05, 3.63) is 66.2 Å². The monoisotopic (exact) mass is 403 g/mol. The second kappa shape index (κ2) is 7.12. The summed E-state index contributed by atoms with van der Waals surface area (Å²) in [5, 5.41) is 2.72. The van der Waals surface area contributed by atoms with Crippen LogP contribution in [0.15, 0.2) is 54.7 Å². The number of alkyl halides is 3. The molecule has 3 heterocycles. The summed E-state index contributed by atoms with van der Waals surface area (Å²) in [5.41, 5.74) is -0.463. The minimum atomic E-state index is -4.69. The molecule has 1 aliphatic rings. The van der Waals surface area contributed by atoms with E-state index in [1.807, 2.05) is 0 Å². The number of hydrogen-bond acceptors (Lipinski definition) is 5. The third-order valence-electron chi connectivity index (χ3n) is 4.30. The zero-order chi connectivity index (χ0) is 20.6. The Morgan fingerprint density at radius 1 is 1.07 bits per heavy atom. The molecule has 0 saturated carbocycles. The van der Waals surface area contributed by atoms with Gasteiger partial charge in [0.2, 0.25) is 0 Å². The molecule has 0 bridgehead atoms. The van der Waals surface area contributed by atoms with E-state index < -0.39 is 23.7 Å². The zero-order valence-electron chi connectivity index (χ0n) is 14.7. The van der Waals surface area contributed by atoms with Crippen LogP contribution in [0.5, 0.6) is 0 Å². The number of carbonyl (C=O) groups is 1. The standard InChI is InChI=1S/C19H13F4N5O/c20-11-4-6-12(7-5-11)28-10-14(18(28)29)25-16-9-15(19(21,22)23)26-17(27-16)13-3-1-2-8-24-13/h1-9,14H,10H2,(H,25,26,27)/t14-/m0/s1. The molecule has 3 aromatic rings. The minimum Gasteiger partial charge on any atom is -0.357 e. The lowest BCUT2D eigenvalue weighted by atomic mass is 10.1. The molecule has 2 aromatic heterocycles. The van der Waals surface area contributed by atoms with Gasteiger partial charge in [0.25, 0.3) is 5.91 Å². The quantitative estimate of drug-likeness (QED) is 0.533. The van der Waals surface area contributed by atoms with E-state index in [0.717, 1.165) is 6.07 Å². The maximum atomic E-state index is 13.2. The molecule has 6 nitrogen and oxygen atoms in total. The first-order valence-corrected chi connectivity index (χ1v) is 8.52. The van der Waals surface area contributed by atoms with Crippen LogP contribution in [0, 0.1) is 5.82 Å². The van der Waals surface area contributed by atoms with Crippen molar-refractivity contribution in [1.29, 1.82) is 0 Å². The number of carbonyl (C=O) groups excluding carboxylic acids is 1. The van der Waals surface area contributed by atoms with Crippen molar-refractivity contribution < 1.29 is 22.4 Å². The highest BCUT2D eigenvalue weighted by atomic mass is 19.4. The van der Waals surface area contributed by atoms with Gasteiger partial charge in [0.05, 0.1) is 6.54 Å². The Morgan fingerprint density at radius 3 is 2.45 bits per heavy atom. The molecule has 1 atom stereocenters. The first-order valence-electron chi connectivity index (χ1n) is 8.52. The fraction of sp³-hybridized carbons (Fsp3) is 0.158. The minimum absolute atomic E-state index is 0.134. The van der Waals surface area contributed by atoms with Crippen LogP contribution in [0.2, 0.25) is 0 Å². The molecule has 148 valence electrons. The van der Waals surface area contributed by atoms with Gasteiger partial charge in [-0.15, -0.1) is 0 Å². The fourth-order valence-corrected chi connectivity index (χ4v) is 2.84. The van der Waals surface area contributed by atoms with Crippen molar-refractivity contribution >= 4 is 17.4 Å². The second-order valence-electron chi connectivity index (χ2n) is 6.30. The summed E-state index contributed by atoms with van der Waals surface area (Å²) in [7, 11) is 0. The SMILES string of the molecule is O=C1[C@@H](Nc2cc(C(F)(F)F)nc(-c3ccccn3)n2)CN1c1ccc(F)cc1. The number of amides is 1. The Balaban J connectivity index is 1.57. The molecule has 1 fully saturated rings. The second-order valence-corrected chi connectivity index (χ2v) is 6.30. The van der Waals surface area contributed by atoms with Gasteiger partial charge in [-0.1, -0.05) is 6.07 Å². The molecule has 1 aliphatic heterocycles. The summed E-state index contributed by atoms with van der Waals surface area (Å²) in [6.07, 6.45) is -3.27. The molecular weight excluding hydrogens is 390 g/mol. The summed E-state index contributed by atoms with van der Waals surface area (Å²) in [6.45, 7) is 0.203. The fourth-order valence-electron chi connectivity index (χ4n) is 2.84. The highest BCUT2D eigenvalue weighted by molar-refractivity contribution is 6.05. The summed E-state index contributed by atoms with van der Waals surface area (Å²) >= 11 is 0. The van der Waals surface area contributed by atoms with Gasteiger partial charge in [-0.05, 0) is 36.4 Å². The maximum Gasteiger partial charge on any atom is 0.433 e. The Bertz CT molecular complexity index is 1040. The van der Waals surface area contributed by atoms with Crippen molar-refractivity contribution in [2.45, 2.75) is 12.2 Å². The summed E-state index contributed by atoms with van der Waals surface area (Å²) in [6, 6.07) is 10.1. The van der Waals surface area contributed by atoms with Crippen LogP contribution in [0.3, 0.4) is 0 Å². The largest absolute Gasteiger partial charge is 0.433 e. The van der Waals surface area contributed by atoms with Crippen LogP contribution in [0.1, 0.15) is 5.69 Å². The highest BCUT2D eigenvalue weighted by Gasteiger charge is 2.39. The topological polar surface area (TPSA) is 71.0 Å². The predicted octanol–water partition coefficient (Wildman–Crippen LogP) is 3.52. The Morgan fingerprint density at radius 2 is 1.83 bits per heavy atom. The number of rotatable bonds is 4. The molecule has 0 unspecified atom stereocenters. The normalized spacial score (nSPS) is 16.5. The smallest absolute Gasteiger partial charge is 0.357 e. The first-order chi connectivity index (χ1) is 13.8. The molecule has 10 heteroatoms. The van der Waals surface area contributed by atoms with Gasteiger partial charge >= 0.3 is 6.18 Å². The van der Waals surface area contributed by atoms with Crippen molar-refractivity contribution in [3.63, 3.8) is 0 Å². The van der Waals surface area contributed by atoms with E-state index in [-0.39, 0.29) is 29.8 Å². The molecule has 0 spiro atoms. The number of benzene rings is 1. The zero-order valence-corrected chi connectivity index (χ0v) is 14.7. The molecule has 1 N–H and O–H groups in total. The molecule has 29 heavy (non-hydrogen) atoms. The summed E-state index contributed by atoms with van der Waals surface area (Å²) < 4.78 is 52.8. The number of halogens is 4. The van der Waals surface area contributed by atoms with Gasteiger partial charge < -0.3 is 10.2 Å². The van der Waals surface area contributed by atoms with E-state index in [4.69, 9.17) is 0 Å². The number of β-lactam (4-membered cyclic amide) rings is 1. The van der Waals surface area contributed by atoms with Crippen LogP contribution in [-0.2, 0) is 11.0 Å². The Kier molecular flexibility index (Phi) is 4.61. The van der Waals surface area contributed by atoms with Crippen LogP contribution in [-0.4, -0.2) is 33.4 Å². The van der Waals surface area contributed by atoms with Crippen molar-refractivity contribution in [3.8, 4) is 11.5 Å². The van der Waals surface area contributed by atoms with E-state index in [9.17, 15) is 22.4 Å². The summed E-state index contributed by atoms with van der Waals surface area (Å²) in [5.74, 6) is -1.13. The van der Waals surface area contributed by atoms with Gasteiger partial charge in [-0.3, -0.25) is 9.78 Å². The van der Waals surface area contributed by atoms with Crippen molar-refractivity contribution in [2.75, 3.05) is 16.8 Å². The lowest BCUT2D eigenvalue weighted by molar-refractivity contribution is -0.141. The predicted molar refractivity (Wildman–Crippen MR) is 96.4 cm³/mol. The maximum absolute atomic E-state index is 13.2. The number of hydrogen-bond donors (Lipinski definition) is 1. The van der Waals surface area contributed by atoms with Crippen LogP contribution in [0.4, 0.5) is 29.1 Å². The third-order valence-corrected chi connectivity index (χ3v) is 4.30. The lowest BCUT2D eigenvalue weighted by Gasteiger charge is -2.38. The van der Waals surface area contributed by atoms with E-state index in [2.05, 4.69) is 20.3 Å². The van der Waals surface area contributed by atoms with Crippen LogP contribution in [0.25, 0.3) is 11.5 Å². The third kappa shape index (κ3) is 3.86. The van der Waals surface area contributed by atoms with E-state index in [0.29, 0.717) is 5.69 Å². The number of nitrogens with one attached hydrogen (secondary N) is 1. The van der Waals surface area contributed by atoms with Gasteiger partial charge in [-0.25, -0.2) is 14.4 Å². The Labute approximate surface area is 162 Å². The molecule has 1 amide bonds. The number of aromatic nitrogens is 3. The van der Waals surface area contributed by atoms with Gasteiger partial charge in [0.1, 0.15) is 23.4 Å². The molecule has 1 saturated heterocycles. The number of nitrogens with zero attached hydrogens (tertiary/aromatic N) is 4. The van der Waals surface area contributed by atoms with Gasteiger partial charge in [0, 0.05) is 18.0 Å². The van der Waals surface area contributed by atoms with Gasteiger partial charge in [0.15, 0.2) is 11.5 Å². The number of anilines is 2. The lowest BCUT2D eigenvalue weighted by Crippen LogP contribution is -2.60. The van der Waals surface area contributed by atoms with Crippen molar-refractivity contribution in [1.82, 2.24) is 15.0 Å². The van der Waals surface area contributed by atoms with Crippen molar-refractivity contribution in [2.24, 2.45) is 0 Å². The van der Waals surface area contributed by atoms with Crippen LogP contribution < -0.4 is 10.2 Å². The van der Waals surface area contributed by atoms with E-state index in [1.165, 1.54) is 41.4 Å². The Hall–Kier alpha value is -3.56. The molecule has 1 aromatic carbocycles.